The zero-order valence-electron chi connectivity index (χ0n) is 13.8. The molecule has 0 bridgehead atoms. The van der Waals surface area contributed by atoms with Crippen LogP contribution in [0.5, 0.6) is 5.75 Å². The number of hydrogen-bond donors (Lipinski definition) is 1. The molecule has 1 saturated carbocycles. The van der Waals surface area contributed by atoms with Crippen LogP contribution in [0.2, 0.25) is 0 Å². The number of nitrogens with one attached hydrogen (secondary N) is 1. The van der Waals surface area contributed by atoms with Crippen molar-refractivity contribution in [3.05, 3.63) is 29.8 Å². The third kappa shape index (κ3) is 2.71. The first-order valence-electron chi connectivity index (χ1n) is 7.75. The average Bonchev–Trinajstić information content (AvgIpc) is 2.41. The van der Waals surface area contributed by atoms with Crippen LogP contribution in [0.4, 0.5) is 0 Å². The molecule has 1 aromatic rings. The van der Waals surface area contributed by atoms with E-state index in [0.717, 1.165) is 18.6 Å². The van der Waals surface area contributed by atoms with Gasteiger partial charge in [0.05, 0.1) is 0 Å². The second kappa shape index (κ2) is 5.40. The van der Waals surface area contributed by atoms with Crippen molar-refractivity contribution >= 4 is 0 Å². The highest BCUT2D eigenvalue weighted by atomic mass is 16.5. The molecule has 0 aromatic heterocycles. The Bertz CT molecular complexity index is 445. The smallest absolute Gasteiger partial charge is 0.119 e. The van der Waals surface area contributed by atoms with Gasteiger partial charge in [0.15, 0.2) is 0 Å². The molecule has 1 fully saturated rings. The number of benzene rings is 1. The van der Waals surface area contributed by atoms with Crippen LogP contribution in [0, 0.1) is 5.41 Å². The monoisotopic (exact) mass is 275 g/mol. The molecule has 1 aromatic carbocycles. The molecule has 0 aliphatic heterocycles. The minimum Gasteiger partial charge on any atom is -0.490 e. The van der Waals surface area contributed by atoms with Gasteiger partial charge in [-0.25, -0.2) is 0 Å². The molecule has 0 heterocycles. The highest BCUT2D eigenvalue weighted by Crippen LogP contribution is 2.45. The van der Waals surface area contributed by atoms with E-state index in [1.54, 1.807) is 0 Å². The van der Waals surface area contributed by atoms with E-state index in [1.165, 1.54) is 5.56 Å². The summed E-state index contributed by atoms with van der Waals surface area (Å²) < 4.78 is 6.22. The van der Waals surface area contributed by atoms with Gasteiger partial charge in [0.1, 0.15) is 11.9 Å². The van der Waals surface area contributed by atoms with E-state index in [0.29, 0.717) is 12.1 Å². The molecule has 2 nitrogen and oxygen atoms in total. The Balaban J connectivity index is 2.05. The topological polar surface area (TPSA) is 21.3 Å². The second-order valence-corrected chi connectivity index (χ2v) is 7.32. The zero-order valence-corrected chi connectivity index (χ0v) is 13.8. The fraction of sp³-hybridized carbons (Fsp3) is 0.667. The predicted octanol–water partition coefficient (Wildman–Crippen LogP) is 4.14. The van der Waals surface area contributed by atoms with Crippen LogP contribution in [0.1, 0.15) is 53.0 Å². The van der Waals surface area contributed by atoms with Gasteiger partial charge in [-0.2, -0.15) is 0 Å². The van der Waals surface area contributed by atoms with Gasteiger partial charge in [-0.1, -0.05) is 46.8 Å². The summed E-state index contributed by atoms with van der Waals surface area (Å²) in [4.78, 5) is 0. The van der Waals surface area contributed by atoms with Gasteiger partial charge in [-0.15, -0.1) is 0 Å². The Morgan fingerprint density at radius 3 is 2.30 bits per heavy atom. The van der Waals surface area contributed by atoms with Crippen molar-refractivity contribution in [2.75, 3.05) is 7.05 Å². The van der Waals surface area contributed by atoms with E-state index in [1.807, 2.05) is 7.05 Å². The highest BCUT2D eigenvalue weighted by molar-refractivity contribution is 5.31. The van der Waals surface area contributed by atoms with E-state index < -0.39 is 0 Å². The lowest BCUT2D eigenvalue weighted by Gasteiger charge is -2.53. The van der Waals surface area contributed by atoms with E-state index in [9.17, 15) is 0 Å². The fourth-order valence-electron chi connectivity index (χ4n) is 3.12. The van der Waals surface area contributed by atoms with Crippen LogP contribution >= 0.6 is 0 Å². The molecule has 1 aliphatic carbocycles. The molecule has 0 saturated heterocycles. The molecular weight excluding hydrogens is 246 g/mol. The molecule has 2 heteroatoms. The third-order valence-electron chi connectivity index (χ3n) is 5.09. The molecule has 1 N–H and O–H groups in total. The standard InChI is InChI=1S/C18H29NO/c1-7-18(5)15(19-6)12-16(18)20-14-10-8-13(9-11-14)17(2,3)4/h8-11,15-16,19H,7,12H2,1-6H3. The molecule has 2 rings (SSSR count). The van der Waals surface area contributed by atoms with Crippen molar-refractivity contribution in [1.82, 2.24) is 5.32 Å². The van der Waals surface area contributed by atoms with Gasteiger partial charge < -0.3 is 10.1 Å². The van der Waals surface area contributed by atoms with Crippen molar-refractivity contribution < 1.29 is 4.74 Å². The van der Waals surface area contributed by atoms with Crippen LogP contribution in [-0.4, -0.2) is 19.2 Å². The third-order valence-corrected chi connectivity index (χ3v) is 5.09. The lowest BCUT2D eigenvalue weighted by atomic mass is 9.61. The van der Waals surface area contributed by atoms with Gasteiger partial charge in [0, 0.05) is 17.9 Å². The maximum Gasteiger partial charge on any atom is 0.119 e. The Labute approximate surface area is 123 Å². The van der Waals surface area contributed by atoms with Crippen LogP contribution in [0.3, 0.4) is 0 Å². The average molecular weight is 275 g/mol. The Hall–Kier alpha value is -1.02. The summed E-state index contributed by atoms with van der Waals surface area (Å²) in [5.74, 6) is 0.997. The fourth-order valence-corrected chi connectivity index (χ4v) is 3.12. The molecule has 3 unspecified atom stereocenters. The van der Waals surface area contributed by atoms with Crippen molar-refractivity contribution in [3.63, 3.8) is 0 Å². The highest BCUT2D eigenvalue weighted by Gasteiger charge is 2.51. The van der Waals surface area contributed by atoms with Crippen LogP contribution in [-0.2, 0) is 5.41 Å². The van der Waals surface area contributed by atoms with Crippen molar-refractivity contribution in [2.24, 2.45) is 5.41 Å². The lowest BCUT2D eigenvalue weighted by molar-refractivity contribution is -0.0677. The van der Waals surface area contributed by atoms with Gasteiger partial charge >= 0.3 is 0 Å². The summed E-state index contributed by atoms with van der Waals surface area (Å²) in [5, 5.41) is 3.41. The number of hydrogen-bond acceptors (Lipinski definition) is 2. The Morgan fingerprint density at radius 1 is 1.25 bits per heavy atom. The molecular formula is C18H29NO. The SMILES string of the molecule is CCC1(C)C(NC)CC1Oc1ccc(C(C)(C)C)cc1. The van der Waals surface area contributed by atoms with Crippen molar-refractivity contribution in [2.45, 2.75) is 65.0 Å². The van der Waals surface area contributed by atoms with E-state index in [2.05, 4.69) is 64.2 Å². The summed E-state index contributed by atoms with van der Waals surface area (Å²) in [6.07, 6.45) is 2.57. The number of ether oxygens (including phenoxy) is 1. The maximum atomic E-state index is 6.22. The molecule has 0 radical (unpaired) electrons. The lowest BCUT2D eigenvalue weighted by Crippen LogP contribution is -2.62. The number of rotatable bonds is 4. The Kier molecular flexibility index (Phi) is 4.15. The van der Waals surface area contributed by atoms with Crippen LogP contribution < -0.4 is 10.1 Å². The van der Waals surface area contributed by atoms with Crippen molar-refractivity contribution in [1.29, 1.82) is 0 Å². The molecule has 20 heavy (non-hydrogen) atoms. The zero-order chi connectivity index (χ0) is 15.0. The maximum absolute atomic E-state index is 6.22. The van der Waals surface area contributed by atoms with Gasteiger partial charge in [-0.3, -0.25) is 0 Å². The summed E-state index contributed by atoms with van der Waals surface area (Å²) >= 11 is 0. The summed E-state index contributed by atoms with van der Waals surface area (Å²) in [6, 6.07) is 9.18. The minimum absolute atomic E-state index is 0.199. The molecule has 3 atom stereocenters. The van der Waals surface area contributed by atoms with E-state index >= 15 is 0 Å². The summed E-state index contributed by atoms with van der Waals surface area (Å²) in [7, 11) is 2.05. The first-order valence-corrected chi connectivity index (χ1v) is 7.75. The Morgan fingerprint density at radius 2 is 1.85 bits per heavy atom. The van der Waals surface area contributed by atoms with Crippen molar-refractivity contribution in [3.8, 4) is 5.75 Å². The summed E-state index contributed by atoms with van der Waals surface area (Å²) in [6.45, 7) is 11.3. The molecule has 0 spiro atoms. The molecule has 112 valence electrons. The van der Waals surface area contributed by atoms with E-state index in [4.69, 9.17) is 4.74 Å². The van der Waals surface area contributed by atoms with Gasteiger partial charge in [0.2, 0.25) is 0 Å². The van der Waals surface area contributed by atoms with Crippen LogP contribution in [0.15, 0.2) is 24.3 Å². The van der Waals surface area contributed by atoms with Gasteiger partial charge in [0.25, 0.3) is 0 Å². The predicted molar refractivity (Wildman–Crippen MR) is 85.4 cm³/mol. The molecule has 0 amide bonds. The van der Waals surface area contributed by atoms with Gasteiger partial charge in [-0.05, 0) is 36.6 Å². The largest absolute Gasteiger partial charge is 0.490 e. The first kappa shape index (κ1) is 15.4. The first-order chi connectivity index (χ1) is 9.31. The minimum atomic E-state index is 0.199. The quantitative estimate of drug-likeness (QED) is 0.891. The normalized spacial score (nSPS) is 29.9. The summed E-state index contributed by atoms with van der Waals surface area (Å²) in [5.41, 5.74) is 1.80. The molecule has 1 aliphatic rings. The van der Waals surface area contributed by atoms with E-state index in [-0.39, 0.29) is 10.8 Å². The second-order valence-electron chi connectivity index (χ2n) is 7.32. The van der Waals surface area contributed by atoms with Crippen LogP contribution in [0.25, 0.3) is 0 Å².